The average molecular weight is 302 g/mol. The number of hydrogen-bond donors (Lipinski definition) is 3. The van der Waals surface area contributed by atoms with Crippen molar-refractivity contribution in [3.8, 4) is 0 Å². The highest BCUT2D eigenvalue weighted by atomic mass is 16.2. The van der Waals surface area contributed by atoms with Crippen LogP contribution in [0.2, 0.25) is 0 Å². The van der Waals surface area contributed by atoms with Gasteiger partial charge in [-0.3, -0.25) is 9.59 Å². The highest BCUT2D eigenvalue weighted by Gasteiger charge is 2.29. The summed E-state index contributed by atoms with van der Waals surface area (Å²) in [5, 5.41) is 5.60. The minimum Gasteiger partial charge on any atom is -0.327 e. The van der Waals surface area contributed by atoms with E-state index in [9.17, 15) is 9.59 Å². The van der Waals surface area contributed by atoms with Gasteiger partial charge in [-0.1, -0.05) is 6.42 Å². The monoisotopic (exact) mass is 302 g/mol. The second-order valence-corrected chi connectivity index (χ2v) is 6.30. The van der Waals surface area contributed by atoms with Crippen LogP contribution in [0.1, 0.15) is 38.5 Å². The van der Waals surface area contributed by atoms with E-state index in [0.29, 0.717) is 17.9 Å². The molecule has 0 bridgehead atoms. The Hall–Kier alpha value is -1.95. The van der Waals surface area contributed by atoms with E-state index >= 15 is 0 Å². The Kier molecular flexibility index (Phi) is 4.38. The maximum absolute atomic E-state index is 12.0. The first-order chi connectivity index (χ1) is 10.6. The molecule has 2 atom stereocenters. The zero-order valence-corrected chi connectivity index (χ0v) is 12.5. The highest BCUT2D eigenvalue weighted by molar-refractivity contribution is 5.94. The maximum atomic E-state index is 12.0. The molecule has 0 aliphatic heterocycles. The Morgan fingerprint density at radius 3 is 2.59 bits per heavy atom. The summed E-state index contributed by atoms with van der Waals surface area (Å²) in [4.78, 5) is 27.8. The molecular formula is C16H22N4O2. The molecule has 2 fully saturated rings. The van der Waals surface area contributed by atoms with E-state index in [4.69, 9.17) is 5.73 Å². The molecule has 6 heteroatoms. The van der Waals surface area contributed by atoms with Crippen molar-refractivity contribution in [1.82, 2.24) is 4.98 Å². The molecule has 6 nitrogen and oxygen atoms in total. The molecule has 2 aliphatic carbocycles. The van der Waals surface area contributed by atoms with Crippen molar-refractivity contribution in [3.05, 3.63) is 18.3 Å². The van der Waals surface area contributed by atoms with Gasteiger partial charge in [0.1, 0.15) is 5.82 Å². The van der Waals surface area contributed by atoms with Gasteiger partial charge in [0.25, 0.3) is 0 Å². The van der Waals surface area contributed by atoms with Crippen molar-refractivity contribution in [3.63, 3.8) is 0 Å². The molecule has 1 aromatic heterocycles. The summed E-state index contributed by atoms with van der Waals surface area (Å²) in [6.07, 6.45) is 7.09. The van der Waals surface area contributed by atoms with E-state index < -0.39 is 0 Å². The average Bonchev–Trinajstić information content (AvgIpc) is 3.27. The molecule has 0 spiro atoms. The number of carbonyl (C=O) groups excluding carboxylic acids is 2. The summed E-state index contributed by atoms with van der Waals surface area (Å²) in [6.45, 7) is 0. The van der Waals surface area contributed by atoms with Crippen molar-refractivity contribution >= 4 is 23.3 Å². The van der Waals surface area contributed by atoms with Crippen molar-refractivity contribution in [1.29, 1.82) is 0 Å². The molecule has 0 saturated heterocycles. The standard InChI is InChI=1S/C16H22N4O2/c17-13-3-1-2-11(13)8-15(21)19-12-6-7-14(18-9-12)20-16(22)10-4-5-10/h6-7,9-11,13H,1-5,8,17H2,(H,19,21)(H,18,20,22)/t11-,13+/m0/s1. The van der Waals surface area contributed by atoms with Crippen LogP contribution in [0.15, 0.2) is 18.3 Å². The van der Waals surface area contributed by atoms with Crippen LogP contribution in [-0.2, 0) is 9.59 Å². The number of amides is 2. The number of hydrogen-bond acceptors (Lipinski definition) is 4. The lowest BCUT2D eigenvalue weighted by atomic mass is 10.00. The number of pyridine rings is 1. The minimum atomic E-state index is -0.0288. The molecule has 4 N–H and O–H groups in total. The summed E-state index contributed by atoms with van der Waals surface area (Å²) < 4.78 is 0. The van der Waals surface area contributed by atoms with E-state index in [-0.39, 0.29) is 29.7 Å². The van der Waals surface area contributed by atoms with Crippen LogP contribution in [0, 0.1) is 11.8 Å². The molecule has 0 radical (unpaired) electrons. The molecule has 3 rings (SSSR count). The summed E-state index contributed by atoms with van der Waals surface area (Å²) >= 11 is 0. The van der Waals surface area contributed by atoms with Gasteiger partial charge in [-0.15, -0.1) is 0 Å². The van der Waals surface area contributed by atoms with Gasteiger partial charge >= 0.3 is 0 Å². The first-order valence-electron chi connectivity index (χ1n) is 7.94. The predicted octanol–water partition coefficient (Wildman–Crippen LogP) is 1.89. The van der Waals surface area contributed by atoms with Gasteiger partial charge < -0.3 is 16.4 Å². The normalized spacial score (nSPS) is 24.0. The van der Waals surface area contributed by atoms with Gasteiger partial charge in [-0.25, -0.2) is 4.98 Å². The van der Waals surface area contributed by atoms with Crippen molar-refractivity contribution in [2.45, 2.75) is 44.6 Å². The number of aromatic nitrogens is 1. The largest absolute Gasteiger partial charge is 0.327 e. The van der Waals surface area contributed by atoms with Crippen molar-refractivity contribution < 1.29 is 9.59 Å². The van der Waals surface area contributed by atoms with Crippen molar-refractivity contribution in [2.24, 2.45) is 17.6 Å². The fourth-order valence-corrected chi connectivity index (χ4v) is 2.88. The van der Waals surface area contributed by atoms with Gasteiger partial charge in [-0.2, -0.15) is 0 Å². The Bertz CT molecular complexity index is 554. The van der Waals surface area contributed by atoms with Crippen LogP contribution < -0.4 is 16.4 Å². The van der Waals surface area contributed by atoms with Crippen LogP contribution >= 0.6 is 0 Å². The van der Waals surface area contributed by atoms with Crippen LogP contribution in [0.4, 0.5) is 11.5 Å². The zero-order chi connectivity index (χ0) is 15.5. The maximum Gasteiger partial charge on any atom is 0.228 e. The predicted molar refractivity (Wildman–Crippen MR) is 84.2 cm³/mol. The molecular weight excluding hydrogens is 280 g/mol. The van der Waals surface area contributed by atoms with Crippen molar-refractivity contribution in [2.75, 3.05) is 10.6 Å². The summed E-state index contributed by atoms with van der Waals surface area (Å²) in [6, 6.07) is 3.60. The number of nitrogens with zero attached hydrogens (tertiary/aromatic N) is 1. The lowest BCUT2D eigenvalue weighted by Gasteiger charge is -2.14. The van der Waals surface area contributed by atoms with Gasteiger partial charge in [-0.05, 0) is 43.7 Å². The summed E-state index contributed by atoms with van der Waals surface area (Å²) in [7, 11) is 0. The second kappa shape index (κ2) is 6.44. The van der Waals surface area contributed by atoms with E-state index in [2.05, 4.69) is 15.6 Å². The Balaban J connectivity index is 1.49. The van der Waals surface area contributed by atoms with E-state index in [1.807, 2.05) is 0 Å². The van der Waals surface area contributed by atoms with Gasteiger partial charge in [0.15, 0.2) is 0 Å². The quantitative estimate of drug-likeness (QED) is 0.773. The first kappa shape index (κ1) is 15.0. The zero-order valence-electron chi connectivity index (χ0n) is 12.5. The Labute approximate surface area is 129 Å². The minimum absolute atomic E-state index is 0.0273. The Morgan fingerprint density at radius 1 is 1.18 bits per heavy atom. The summed E-state index contributed by atoms with van der Waals surface area (Å²) in [5.74, 6) is 0.952. The van der Waals surface area contributed by atoms with Crippen LogP contribution in [0.3, 0.4) is 0 Å². The number of nitrogens with two attached hydrogens (primary N) is 1. The third kappa shape index (κ3) is 3.82. The Morgan fingerprint density at radius 2 is 2.00 bits per heavy atom. The fraction of sp³-hybridized carbons (Fsp3) is 0.562. The van der Waals surface area contributed by atoms with Gasteiger partial charge in [0.2, 0.25) is 11.8 Å². The molecule has 2 aliphatic rings. The third-order valence-corrected chi connectivity index (χ3v) is 4.41. The molecule has 2 saturated carbocycles. The van der Waals surface area contributed by atoms with E-state index in [1.54, 1.807) is 18.3 Å². The molecule has 1 heterocycles. The van der Waals surface area contributed by atoms with Crippen LogP contribution in [0.5, 0.6) is 0 Å². The second-order valence-electron chi connectivity index (χ2n) is 6.30. The molecule has 118 valence electrons. The number of nitrogens with one attached hydrogen (secondary N) is 2. The highest BCUT2D eigenvalue weighted by Crippen LogP contribution is 2.30. The number of carbonyl (C=O) groups is 2. The lowest BCUT2D eigenvalue weighted by molar-refractivity contribution is -0.118. The van der Waals surface area contributed by atoms with Gasteiger partial charge in [0.05, 0.1) is 11.9 Å². The SMILES string of the molecule is N[C@@H]1CCC[C@H]1CC(=O)Nc1ccc(NC(=O)C2CC2)nc1. The third-order valence-electron chi connectivity index (χ3n) is 4.41. The number of rotatable bonds is 5. The molecule has 0 aromatic carbocycles. The molecule has 22 heavy (non-hydrogen) atoms. The lowest BCUT2D eigenvalue weighted by Crippen LogP contribution is -2.28. The topological polar surface area (TPSA) is 97.1 Å². The van der Waals surface area contributed by atoms with E-state index in [1.165, 1.54) is 0 Å². The van der Waals surface area contributed by atoms with Gasteiger partial charge in [0, 0.05) is 18.4 Å². The smallest absolute Gasteiger partial charge is 0.228 e. The fourth-order valence-electron chi connectivity index (χ4n) is 2.88. The summed E-state index contributed by atoms with van der Waals surface area (Å²) in [5.41, 5.74) is 6.62. The van der Waals surface area contributed by atoms with E-state index in [0.717, 1.165) is 32.1 Å². The molecule has 0 unspecified atom stereocenters. The molecule has 1 aromatic rings. The van der Waals surface area contributed by atoms with Crippen LogP contribution in [0.25, 0.3) is 0 Å². The number of anilines is 2. The first-order valence-corrected chi connectivity index (χ1v) is 7.94. The van der Waals surface area contributed by atoms with Crippen LogP contribution in [-0.4, -0.2) is 22.8 Å². The molecule has 2 amide bonds.